The van der Waals surface area contributed by atoms with Crippen molar-refractivity contribution in [3.63, 3.8) is 0 Å². The van der Waals surface area contributed by atoms with Gasteiger partial charge in [0, 0.05) is 10.6 Å². The fraction of sp³-hybridized carbons (Fsp3) is 0.133. The van der Waals surface area contributed by atoms with Crippen molar-refractivity contribution in [1.82, 2.24) is 5.48 Å². The number of thioether (sulfide) groups is 1. The molecule has 0 saturated carbocycles. The van der Waals surface area contributed by atoms with E-state index in [2.05, 4.69) is 29.3 Å². The molecule has 19 heavy (non-hydrogen) atoms. The molecule has 0 fully saturated rings. The number of nitrogens with one attached hydrogen (secondary N) is 1. The van der Waals surface area contributed by atoms with Crippen molar-refractivity contribution in [2.24, 2.45) is 4.99 Å². The normalized spacial score (nSPS) is 10.8. The molecule has 98 valence electrons. The summed E-state index contributed by atoms with van der Waals surface area (Å²) in [5.41, 5.74) is 4.07. The van der Waals surface area contributed by atoms with E-state index in [1.54, 1.807) is 0 Å². The highest BCUT2D eigenvalue weighted by Crippen LogP contribution is 2.22. The van der Waals surface area contributed by atoms with E-state index < -0.39 is 0 Å². The summed E-state index contributed by atoms with van der Waals surface area (Å²) in [6, 6.07) is 18.4. The van der Waals surface area contributed by atoms with Crippen LogP contribution in [0.25, 0.3) is 0 Å². The van der Waals surface area contributed by atoms with E-state index in [-0.39, 0.29) is 0 Å². The fourth-order valence-corrected chi connectivity index (χ4v) is 2.57. The van der Waals surface area contributed by atoms with Crippen LogP contribution < -0.4 is 5.48 Å². The van der Waals surface area contributed by atoms with Crippen LogP contribution in [0.3, 0.4) is 0 Å². The molecule has 0 heterocycles. The summed E-state index contributed by atoms with van der Waals surface area (Å²) < 4.78 is 0. The Bertz CT molecular complexity index is 511. The molecule has 0 aliphatic heterocycles. The van der Waals surface area contributed by atoms with Gasteiger partial charge in [0.05, 0.1) is 5.69 Å². The first-order valence-corrected chi connectivity index (χ1v) is 7.06. The van der Waals surface area contributed by atoms with Gasteiger partial charge in [0.25, 0.3) is 0 Å². The number of hydrogen-bond donors (Lipinski definition) is 2. The smallest absolute Gasteiger partial charge is 0.113 e. The van der Waals surface area contributed by atoms with E-state index in [0.717, 1.165) is 17.9 Å². The van der Waals surface area contributed by atoms with Gasteiger partial charge in [-0.25, -0.2) is 4.99 Å². The Labute approximate surface area is 117 Å². The third kappa shape index (κ3) is 4.77. The van der Waals surface area contributed by atoms with Gasteiger partial charge >= 0.3 is 0 Å². The molecule has 0 aliphatic rings. The minimum absolute atomic E-state index is 0.814. The van der Waals surface area contributed by atoms with E-state index in [0.29, 0.717) is 0 Å². The number of aliphatic imine (C=N–C) groups is 1. The number of hydrogen-bond acceptors (Lipinski definition) is 3. The highest BCUT2D eigenvalue weighted by atomic mass is 32.2. The van der Waals surface area contributed by atoms with Crippen molar-refractivity contribution >= 4 is 23.8 Å². The predicted octanol–water partition coefficient (Wildman–Crippen LogP) is 3.66. The standard InChI is InChI=1S/C15H16N2OS/c18-17-12-16-14-6-8-15(9-7-14)19-11-10-13-4-2-1-3-5-13/h1-9,12,18H,10-11H2,(H,16,17). The van der Waals surface area contributed by atoms with E-state index >= 15 is 0 Å². The number of benzene rings is 2. The van der Waals surface area contributed by atoms with Crippen molar-refractivity contribution in [3.8, 4) is 0 Å². The van der Waals surface area contributed by atoms with Crippen LogP contribution >= 0.6 is 11.8 Å². The average Bonchev–Trinajstić information content (AvgIpc) is 2.47. The Morgan fingerprint density at radius 1 is 1.05 bits per heavy atom. The zero-order valence-corrected chi connectivity index (χ0v) is 11.3. The van der Waals surface area contributed by atoms with Gasteiger partial charge in [-0.2, -0.15) is 0 Å². The van der Waals surface area contributed by atoms with Gasteiger partial charge in [-0.1, -0.05) is 30.3 Å². The van der Waals surface area contributed by atoms with Gasteiger partial charge in [-0.15, -0.1) is 11.8 Å². The van der Waals surface area contributed by atoms with E-state index in [9.17, 15) is 0 Å². The molecule has 0 spiro atoms. The summed E-state index contributed by atoms with van der Waals surface area (Å²) in [6.45, 7) is 0. The predicted molar refractivity (Wildman–Crippen MR) is 80.4 cm³/mol. The van der Waals surface area contributed by atoms with Gasteiger partial charge in [0.2, 0.25) is 0 Å². The first-order valence-electron chi connectivity index (χ1n) is 6.07. The monoisotopic (exact) mass is 272 g/mol. The summed E-state index contributed by atoms with van der Waals surface area (Å²) in [5.74, 6) is 1.06. The lowest BCUT2D eigenvalue weighted by atomic mass is 10.2. The van der Waals surface area contributed by atoms with Gasteiger partial charge in [0.15, 0.2) is 0 Å². The highest BCUT2D eigenvalue weighted by molar-refractivity contribution is 7.99. The topological polar surface area (TPSA) is 44.6 Å². The van der Waals surface area contributed by atoms with Crippen LogP contribution in [-0.4, -0.2) is 17.3 Å². The Kier molecular flexibility index (Phi) is 5.47. The number of aryl methyl sites for hydroxylation is 1. The molecule has 2 aromatic carbocycles. The van der Waals surface area contributed by atoms with Crippen LogP contribution in [0.4, 0.5) is 5.69 Å². The lowest BCUT2D eigenvalue weighted by molar-refractivity contribution is 0.240. The molecule has 2 rings (SSSR count). The van der Waals surface area contributed by atoms with E-state index in [4.69, 9.17) is 5.21 Å². The lowest BCUT2D eigenvalue weighted by Crippen LogP contribution is -2.00. The third-order valence-electron chi connectivity index (χ3n) is 2.61. The molecule has 2 aromatic rings. The maximum absolute atomic E-state index is 8.40. The zero-order valence-electron chi connectivity index (χ0n) is 10.5. The second-order valence-electron chi connectivity index (χ2n) is 3.97. The Morgan fingerprint density at radius 3 is 2.47 bits per heavy atom. The molecule has 0 amide bonds. The summed E-state index contributed by atoms with van der Waals surface area (Å²) in [7, 11) is 0. The van der Waals surface area contributed by atoms with Crippen LogP contribution in [0.15, 0.2) is 64.5 Å². The zero-order chi connectivity index (χ0) is 13.3. The van der Waals surface area contributed by atoms with Crippen LogP contribution in [0.2, 0.25) is 0 Å². The maximum Gasteiger partial charge on any atom is 0.113 e. The molecule has 0 radical (unpaired) electrons. The number of nitrogens with zero attached hydrogens (tertiary/aromatic N) is 1. The fourth-order valence-electron chi connectivity index (χ4n) is 1.66. The SMILES string of the molecule is ONC=Nc1ccc(SCCc2ccccc2)cc1. The van der Waals surface area contributed by atoms with E-state index in [1.165, 1.54) is 16.8 Å². The molecule has 0 aliphatic carbocycles. The molecule has 0 saturated heterocycles. The molecule has 0 aromatic heterocycles. The second-order valence-corrected chi connectivity index (χ2v) is 5.13. The largest absolute Gasteiger partial charge is 0.290 e. The first-order chi connectivity index (χ1) is 9.38. The minimum atomic E-state index is 0.814. The van der Waals surface area contributed by atoms with Crippen LogP contribution in [0, 0.1) is 0 Å². The van der Waals surface area contributed by atoms with Gasteiger partial charge in [-0.05, 0) is 36.2 Å². The summed E-state index contributed by atoms with van der Waals surface area (Å²) >= 11 is 1.83. The van der Waals surface area contributed by atoms with Gasteiger partial charge in [-0.3, -0.25) is 10.7 Å². The Morgan fingerprint density at radius 2 is 1.79 bits per heavy atom. The number of hydroxylamine groups is 1. The molecular formula is C15H16N2OS. The second kappa shape index (κ2) is 7.61. The maximum atomic E-state index is 8.40. The van der Waals surface area contributed by atoms with Crippen molar-refractivity contribution in [2.45, 2.75) is 11.3 Å². The van der Waals surface area contributed by atoms with Crippen LogP contribution in [0.1, 0.15) is 5.56 Å². The van der Waals surface area contributed by atoms with Gasteiger partial charge < -0.3 is 0 Å². The van der Waals surface area contributed by atoms with Crippen LogP contribution in [0.5, 0.6) is 0 Å². The first kappa shape index (κ1) is 13.6. The molecule has 4 heteroatoms. The third-order valence-corrected chi connectivity index (χ3v) is 3.62. The summed E-state index contributed by atoms with van der Waals surface area (Å²) in [6.07, 6.45) is 2.32. The van der Waals surface area contributed by atoms with Crippen molar-refractivity contribution in [1.29, 1.82) is 0 Å². The van der Waals surface area contributed by atoms with Crippen LogP contribution in [-0.2, 0) is 6.42 Å². The van der Waals surface area contributed by atoms with Gasteiger partial charge in [0.1, 0.15) is 6.34 Å². The molecule has 2 N–H and O–H groups in total. The summed E-state index contributed by atoms with van der Waals surface area (Å²) in [4.78, 5) is 5.23. The lowest BCUT2D eigenvalue weighted by Gasteiger charge is -2.02. The quantitative estimate of drug-likeness (QED) is 0.365. The van der Waals surface area contributed by atoms with Crippen molar-refractivity contribution in [3.05, 3.63) is 60.2 Å². The molecule has 0 atom stereocenters. The van der Waals surface area contributed by atoms with Crippen molar-refractivity contribution < 1.29 is 5.21 Å². The Balaban J connectivity index is 1.81. The molecule has 3 nitrogen and oxygen atoms in total. The number of rotatable bonds is 6. The summed E-state index contributed by atoms with van der Waals surface area (Å²) in [5, 5.41) is 8.40. The minimum Gasteiger partial charge on any atom is -0.290 e. The Hall–Kier alpha value is -1.78. The highest BCUT2D eigenvalue weighted by Gasteiger charge is 1.96. The molecular weight excluding hydrogens is 256 g/mol. The molecule has 0 unspecified atom stereocenters. The van der Waals surface area contributed by atoms with Crippen molar-refractivity contribution in [2.75, 3.05) is 5.75 Å². The average molecular weight is 272 g/mol. The van der Waals surface area contributed by atoms with E-state index in [1.807, 2.05) is 47.6 Å². The molecule has 0 bridgehead atoms.